The molecule has 0 aliphatic carbocycles. The Hall–Kier alpha value is -0.770. The van der Waals surface area contributed by atoms with Gasteiger partial charge < -0.3 is 15.7 Å². The molecule has 3 N–H and O–H groups in total. The number of carbonyl (C=O) groups is 1. The van der Waals surface area contributed by atoms with E-state index in [4.69, 9.17) is 5.11 Å². The molecule has 2 amide bonds. The van der Waals surface area contributed by atoms with Crippen molar-refractivity contribution in [3.63, 3.8) is 0 Å². The Bertz CT molecular complexity index is 182. The lowest BCUT2D eigenvalue weighted by Crippen LogP contribution is -2.42. The van der Waals surface area contributed by atoms with Crippen molar-refractivity contribution in [2.75, 3.05) is 13.2 Å². The number of aliphatic hydroxyl groups excluding tert-OH is 1. The smallest absolute Gasteiger partial charge is 0.315 e. The van der Waals surface area contributed by atoms with Gasteiger partial charge >= 0.3 is 6.03 Å². The van der Waals surface area contributed by atoms with Gasteiger partial charge in [0.05, 0.1) is 0 Å². The number of urea groups is 1. The molecule has 0 rings (SSSR count). The van der Waals surface area contributed by atoms with Crippen LogP contribution in [0, 0.1) is 5.92 Å². The van der Waals surface area contributed by atoms with E-state index in [9.17, 15) is 4.79 Å². The van der Waals surface area contributed by atoms with Crippen LogP contribution in [0.5, 0.6) is 0 Å². The number of hydrogen-bond acceptors (Lipinski definition) is 2. The van der Waals surface area contributed by atoms with Gasteiger partial charge in [-0.1, -0.05) is 26.7 Å². The molecule has 1 unspecified atom stereocenters. The van der Waals surface area contributed by atoms with Crippen molar-refractivity contribution in [2.24, 2.45) is 5.92 Å². The summed E-state index contributed by atoms with van der Waals surface area (Å²) in [6.45, 7) is 7.15. The quantitative estimate of drug-likeness (QED) is 0.596. The second-order valence-corrected chi connectivity index (χ2v) is 4.30. The molecule has 96 valence electrons. The number of nitrogens with one attached hydrogen (secondary N) is 2. The Kier molecular flexibility index (Phi) is 9.00. The highest BCUT2D eigenvalue weighted by atomic mass is 16.3. The maximum atomic E-state index is 11.5. The molecule has 0 aromatic carbocycles. The lowest BCUT2D eigenvalue weighted by Gasteiger charge is -2.17. The number of rotatable bonds is 8. The predicted octanol–water partition coefficient (Wildman–Crippen LogP) is 1.88. The summed E-state index contributed by atoms with van der Waals surface area (Å²) in [6, 6.07) is 0.0196. The first-order valence-corrected chi connectivity index (χ1v) is 6.29. The molecule has 0 saturated carbocycles. The minimum Gasteiger partial charge on any atom is -0.396 e. The molecule has 0 bridgehead atoms. The first kappa shape index (κ1) is 15.2. The second-order valence-electron chi connectivity index (χ2n) is 4.30. The van der Waals surface area contributed by atoms with Crippen LogP contribution < -0.4 is 10.6 Å². The summed E-state index contributed by atoms with van der Waals surface area (Å²) >= 11 is 0. The molecule has 0 aromatic heterocycles. The predicted molar refractivity (Wildman–Crippen MR) is 66.4 cm³/mol. The Labute approximate surface area is 98.8 Å². The fourth-order valence-corrected chi connectivity index (χ4v) is 1.56. The Balaban J connectivity index is 3.64. The lowest BCUT2D eigenvalue weighted by atomic mass is 10.0. The fourth-order valence-electron chi connectivity index (χ4n) is 1.56. The monoisotopic (exact) mass is 230 g/mol. The minimum absolute atomic E-state index is 0.0997. The summed E-state index contributed by atoms with van der Waals surface area (Å²) in [7, 11) is 0. The molecule has 16 heavy (non-hydrogen) atoms. The zero-order valence-electron chi connectivity index (χ0n) is 10.8. The zero-order chi connectivity index (χ0) is 12.4. The minimum atomic E-state index is -0.0997. The number of carbonyl (C=O) groups excluding carboxylic acids is 1. The third kappa shape index (κ3) is 7.51. The van der Waals surface area contributed by atoms with Crippen molar-refractivity contribution in [1.82, 2.24) is 10.6 Å². The fraction of sp³-hybridized carbons (Fsp3) is 0.917. The van der Waals surface area contributed by atoms with Crippen LogP contribution in [0.2, 0.25) is 0 Å². The summed E-state index contributed by atoms with van der Waals surface area (Å²) in [5.41, 5.74) is 0. The summed E-state index contributed by atoms with van der Waals surface area (Å²) < 4.78 is 0. The van der Waals surface area contributed by atoms with Crippen molar-refractivity contribution >= 4 is 6.03 Å². The molecule has 0 fully saturated rings. The van der Waals surface area contributed by atoms with Crippen LogP contribution in [0.4, 0.5) is 4.79 Å². The lowest BCUT2D eigenvalue weighted by molar-refractivity contribution is 0.232. The number of hydrogen-bond donors (Lipinski definition) is 3. The van der Waals surface area contributed by atoms with Gasteiger partial charge in [-0.25, -0.2) is 4.79 Å². The number of aliphatic hydroxyl groups is 1. The molecule has 4 nitrogen and oxygen atoms in total. The van der Waals surface area contributed by atoms with Crippen LogP contribution in [-0.2, 0) is 0 Å². The SMILES string of the molecule is CCC(CC)CNC(=O)NC(C)CCCO. The third-order valence-corrected chi connectivity index (χ3v) is 2.88. The van der Waals surface area contributed by atoms with E-state index in [0.717, 1.165) is 32.2 Å². The van der Waals surface area contributed by atoms with Crippen LogP contribution in [0.1, 0.15) is 46.5 Å². The average Bonchev–Trinajstić information content (AvgIpc) is 2.27. The third-order valence-electron chi connectivity index (χ3n) is 2.88. The first-order valence-electron chi connectivity index (χ1n) is 6.29. The van der Waals surface area contributed by atoms with Crippen LogP contribution >= 0.6 is 0 Å². The van der Waals surface area contributed by atoms with Crippen LogP contribution in [0.3, 0.4) is 0 Å². The Morgan fingerprint density at radius 2 is 1.94 bits per heavy atom. The van der Waals surface area contributed by atoms with Crippen molar-refractivity contribution < 1.29 is 9.90 Å². The zero-order valence-corrected chi connectivity index (χ0v) is 10.8. The van der Waals surface area contributed by atoms with Crippen LogP contribution in [0.25, 0.3) is 0 Å². The molecule has 0 heterocycles. The molecule has 0 spiro atoms. The van der Waals surface area contributed by atoms with Gasteiger partial charge in [0.25, 0.3) is 0 Å². The summed E-state index contributed by atoms with van der Waals surface area (Å²) in [5.74, 6) is 0.568. The van der Waals surface area contributed by atoms with Crippen molar-refractivity contribution in [3.05, 3.63) is 0 Å². The molecule has 1 atom stereocenters. The van der Waals surface area contributed by atoms with Crippen molar-refractivity contribution in [3.8, 4) is 0 Å². The topological polar surface area (TPSA) is 61.4 Å². The highest BCUT2D eigenvalue weighted by Crippen LogP contribution is 2.04. The molecular weight excluding hydrogens is 204 g/mol. The van der Waals surface area contributed by atoms with E-state index in [1.807, 2.05) is 6.92 Å². The van der Waals surface area contributed by atoms with Crippen LogP contribution in [-0.4, -0.2) is 30.3 Å². The maximum absolute atomic E-state index is 11.5. The average molecular weight is 230 g/mol. The van der Waals surface area contributed by atoms with E-state index in [2.05, 4.69) is 24.5 Å². The van der Waals surface area contributed by atoms with Gasteiger partial charge in [0.1, 0.15) is 0 Å². The standard InChI is InChI=1S/C12H26N2O2/c1-4-11(5-2)9-13-12(16)14-10(3)7-6-8-15/h10-11,15H,4-9H2,1-3H3,(H2,13,14,16). The Morgan fingerprint density at radius 1 is 1.31 bits per heavy atom. The molecule has 0 aromatic rings. The van der Waals surface area contributed by atoms with Crippen molar-refractivity contribution in [2.45, 2.75) is 52.5 Å². The first-order chi connectivity index (χ1) is 7.63. The largest absolute Gasteiger partial charge is 0.396 e. The van der Waals surface area contributed by atoms with E-state index in [-0.39, 0.29) is 18.7 Å². The van der Waals surface area contributed by atoms with E-state index in [0.29, 0.717) is 5.92 Å². The molecule has 0 radical (unpaired) electrons. The highest BCUT2D eigenvalue weighted by Gasteiger charge is 2.08. The second kappa shape index (κ2) is 9.46. The molecule has 0 aliphatic heterocycles. The molecule has 4 heteroatoms. The van der Waals surface area contributed by atoms with Gasteiger partial charge in [-0.05, 0) is 25.7 Å². The highest BCUT2D eigenvalue weighted by molar-refractivity contribution is 5.74. The van der Waals surface area contributed by atoms with Gasteiger partial charge in [-0.2, -0.15) is 0 Å². The van der Waals surface area contributed by atoms with Crippen molar-refractivity contribution in [1.29, 1.82) is 0 Å². The Morgan fingerprint density at radius 3 is 2.44 bits per heavy atom. The van der Waals surface area contributed by atoms with Gasteiger partial charge in [0, 0.05) is 19.2 Å². The summed E-state index contributed by atoms with van der Waals surface area (Å²) in [5, 5.41) is 14.4. The summed E-state index contributed by atoms with van der Waals surface area (Å²) in [4.78, 5) is 11.5. The summed E-state index contributed by atoms with van der Waals surface area (Å²) in [6.07, 6.45) is 3.73. The molecule has 0 aliphatic rings. The van der Waals surface area contributed by atoms with E-state index < -0.39 is 0 Å². The van der Waals surface area contributed by atoms with Crippen LogP contribution in [0.15, 0.2) is 0 Å². The molecular formula is C12H26N2O2. The van der Waals surface area contributed by atoms with Gasteiger partial charge in [0.2, 0.25) is 0 Å². The molecule has 0 saturated heterocycles. The van der Waals surface area contributed by atoms with Gasteiger partial charge in [-0.15, -0.1) is 0 Å². The van der Waals surface area contributed by atoms with Gasteiger partial charge in [0.15, 0.2) is 0 Å². The normalized spacial score (nSPS) is 12.6. The van der Waals surface area contributed by atoms with Gasteiger partial charge in [-0.3, -0.25) is 0 Å². The number of amides is 2. The maximum Gasteiger partial charge on any atom is 0.315 e. The van der Waals surface area contributed by atoms with E-state index in [1.165, 1.54) is 0 Å². The van der Waals surface area contributed by atoms with E-state index in [1.54, 1.807) is 0 Å². The van der Waals surface area contributed by atoms with E-state index >= 15 is 0 Å².